The van der Waals surface area contributed by atoms with Crippen LogP contribution in [-0.4, -0.2) is 97.0 Å². The van der Waals surface area contributed by atoms with E-state index in [2.05, 4.69) is 31.6 Å². The van der Waals surface area contributed by atoms with Crippen LogP contribution in [0.5, 0.6) is 0 Å². The lowest BCUT2D eigenvalue weighted by Crippen LogP contribution is -2.56. The number of amides is 3. The molecule has 0 fully saturated rings. The molecule has 250 valence electrons. The van der Waals surface area contributed by atoms with Gasteiger partial charge < -0.3 is 37.2 Å². The van der Waals surface area contributed by atoms with Crippen LogP contribution in [0.25, 0.3) is 0 Å². The topological polar surface area (TPSA) is 231 Å². The minimum atomic E-state index is -1.18. The van der Waals surface area contributed by atoms with Crippen LogP contribution >= 0.6 is 0 Å². The number of primary amides is 1. The number of Topliss-reactive ketones (excluding diaryl/α,β-unsaturated/α-hetero) is 1. The standard InChI is InChI=1S/C29H52N8O7/c1-16(2)26(41)21(33-29(44)23(14-24(39)40)32-18(5)6)12-11-20-15-37(36-35-20)13-9-8-10-22(31-17(3)4)28(43)34-25(19(7)38)27(30)42/h15-19,21-23,25,31-32,38H,8-14H2,1-7H3,(H2,30,42)(H,33,44)(H,34,43)(H,39,40)/t19-,21+,22+,23+,25+/m1/s1. The van der Waals surface area contributed by atoms with Gasteiger partial charge in [-0.3, -0.25) is 28.7 Å². The van der Waals surface area contributed by atoms with Crippen LogP contribution in [0.15, 0.2) is 6.20 Å². The fourth-order valence-corrected chi connectivity index (χ4v) is 4.62. The zero-order chi connectivity index (χ0) is 33.6. The highest BCUT2D eigenvalue weighted by atomic mass is 16.4. The smallest absolute Gasteiger partial charge is 0.305 e. The Morgan fingerprint density at radius 3 is 1.98 bits per heavy atom. The summed E-state index contributed by atoms with van der Waals surface area (Å²) in [5.41, 5.74) is 5.94. The highest BCUT2D eigenvalue weighted by Crippen LogP contribution is 2.11. The number of nitrogens with one attached hydrogen (secondary N) is 4. The lowest BCUT2D eigenvalue weighted by molar-refractivity contribution is -0.140. The van der Waals surface area contributed by atoms with Crippen LogP contribution < -0.4 is 27.0 Å². The fraction of sp³-hybridized carbons (Fsp3) is 0.759. The second-order valence-corrected chi connectivity index (χ2v) is 12.1. The third kappa shape index (κ3) is 14.4. The summed E-state index contributed by atoms with van der Waals surface area (Å²) < 4.78 is 1.67. The van der Waals surface area contributed by atoms with Crippen LogP contribution in [0.2, 0.25) is 0 Å². The maximum atomic E-state index is 12.9. The lowest BCUT2D eigenvalue weighted by atomic mass is 9.96. The molecular weight excluding hydrogens is 572 g/mol. The van der Waals surface area contributed by atoms with Gasteiger partial charge in [-0.2, -0.15) is 0 Å². The van der Waals surface area contributed by atoms with E-state index < -0.39 is 60.4 Å². The van der Waals surface area contributed by atoms with E-state index in [9.17, 15) is 34.2 Å². The van der Waals surface area contributed by atoms with Crippen molar-refractivity contribution in [1.82, 2.24) is 36.3 Å². The Morgan fingerprint density at radius 1 is 0.864 bits per heavy atom. The van der Waals surface area contributed by atoms with E-state index in [1.54, 1.807) is 38.6 Å². The molecule has 0 saturated heterocycles. The van der Waals surface area contributed by atoms with Crippen molar-refractivity contribution >= 4 is 29.5 Å². The molecule has 0 unspecified atom stereocenters. The minimum Gasteiger partial charge on any atom is -0.481 e. The van der Waals surface area contributed by atoms with Crippen molar-refractivity contribution in [1.29, 1.82) is 0 Å². The zero-order valence-corrected chi connectivity index (χ0v) is 27.0. The minimum absolute atomic E-state index is 0.00733. The van der Waals surface area contributed by atoms with Gasteiger partial charge in [0.05, 0.1) is 36.3 Å². The summed E-state index contributed by atoms with van der Waals surface area (Å²) in [5.74, 6) is -3.39. The van der Waals surface area contributed by atoms with Gasteiger partial charge in [0.25, 0.3) is 0 Å². The number of carboxylic acid groups (broad SMARTS) is 1. The lowest BCUT2D eigenvalue weighted by Gasteiger charge is -2.24. The van der Waals surface area contributed by atoms with Gasteiger partial charge in [0.15, 0.2) is 5.78 Å². The number of carboxylic acids is 1. The van der Waals surface area contributed by atoms with E-state index >= 15 is 0 Å². The van der Waals surface area contributed by atoms with E-state index in [0.717, 1.165) is 0 Å². The number of aliphatic hydroxyl groups is 1. The first-order valence-corrected chi connectivity index (χ1v) is 15.3. The van der Waals surface area contributed by atoms with E-state index in [4.69, 9.17) is 5.73 Å². The Labute approximate surface area is 259 Å². The molecule has 1 rings (SSSR count). The van der Waals surface area contributed by atoms with Crippen molar-refractivity contribution in [3.63, 3.8) is 0 Å². The molecule has 0 bridgehead atoms. The number of nitrogens with two attached hydrogens (primary N) is 1. The summed E-state index contributed by atoms with van der Waals surface area (Å²) in [6.45, 7) is 12.8. The quantitative estimate of drug-likeness (QED) is 0.0824. The van der Waals surface area contributed by atoms with Crippen LogP contribution in [0.3, 0.4) is 0 Å². The third-order valence-corrected chi connectivity index (χ3v) is 6.80. The van der Waals surface area contributed by atoms with Gasteiger partial charge in [0, 0.05) is 30.7 Å². The number of hydrogen-bond acceptors (Lipinski definition) is 10. The number of aliphatic carboxylic acids is 1. The number of carbonyl (C=O) groups is 5. The van der Waals surface area contributed by atoms with Crippen molar-refractivity contribution in [2.45, 2.75) is 136 Å². The molecule has 44 heavy (non-hydrogen) atoms. The SMILES string of the molecule is CC(C)N[C@@H](CC(=O)O)C(=O)N[C@@H](CCc1cn(CCCC[C@H](NC(C)C)C(=O)N[C@H](C(N)=O)[C@@H](C)O)nn1)C(=O)C(C)C. The first kappa shape index (κ1) is 38.6. The molecule has 0 aromatic carbocycles. The summed E-state index contributed by atoms with van der Waals surface area (Å²) in [4.78, 5) is 61.4. The molecule has 15 nitrogen and oxygen atoms in total. The van der Waals surface area contributed by atoms with E-state index in [0.29, 0.717) is 37.9 Å². The summed E-state index contributed by atoms with van der Waals surface area (Å²) in [6, 6.07) is -3.67. The molecule has 1 aromatic rings. The highest BCUT2D eigenvalue weighted by molar-refractivity contribution is 5.93. The van der Waals surface area contributed by atoms with Gasteiger partial charge in [-0.25, -0.2) is 0 Å². The molecule has 0 saturated carbocycles. The van der Waals surface area contributed by atoms with Crippen molar-refractivity contribution in [2.75, 3.05) is 0 Å². The Hall–Kier alpha value is -3.43. The average molecular weight is 625 g/mol. The summed E-state index contributed by atoms with van der Waals surface area (Å²) in [7, 11) is 0. The van der Waals surface area contributed by atoms with E-state index in [1.807, 2.05) is 13.8 Å². The number of carbonyl (C=O) groups excluding carboxylic acids is 4. The van der Waals surface area contributed by atoms with Crippen molar-refractivity contribution in [3.05, 3.63) is 11.9 Å². The van der Waals surface area contributed by atoms with Gasteiger partial charge in [0.1, 0.15) is 6.04 Å². The molecule has 0 aliphatic rings. The van der Waals surface area contributed by atoms with E-state index in [1.165, 1.54) is 6.92 Å². The van der Waals surface area contributed by atoms with Gasteiger partial charge in [-0.15, -0.1) is 5.10 Å². The van der Waals surface area contributed by atoms with Crippen LogP contribution in [0, 0.1) is 5.92 Å². The summed E-state index contributed by atoms with van der Waals surface area (Å²) >= 11 is 0. The number of hydrogen-bond donors (Lipinski definition) is 7. The Bertz CT molecular complexity index is 1090. The second kappa shape index (κ2) is 19.1. The Balaban J connectivity index is 2.75. The van der Waals surface area contributed by atoms with Gasteiger partial charge in [-0.1, -0.05) is 46.8 Å². The van der Waals surface area contributed by atoms with Crippen LogP contribution in [0.1, 0.15) is 86.3 Å². The van der Waals surface area contributed by atoms with Crippen molar-refractivity contribution in [3.8, 4) is 0 Å². The Morgan fingerprint density at radius 2 is 1.45 bits per heavy atom. The first-order chi connectivity index (χ1) is 20.5. The number of aromatic nitrogens is 3. The molecule has 1 aromatic heterocycles. The maximum absolute atomic E-state index is 12.9. The van der Waals surface area contributed by atoms with E-state index in [-0.39, 0.29) is 30.2 Å². The normalized spacial score (nSPS) is 15.1. The number of nitrogens with zero attached hydrogens (tertiary/aromatic N) is 3. The fourth-order valence-electron chi connectivity index (χ4n) is 4.62. The first-order valence-electron chi connectivity index (χ1n) is 15.3. The maximum Gasteiger partial charge on any atom is 0.305 e. The van der Waals surface area contributed by atoms with Crippen LogP contribution in [-0.2, 0) is 36.9 Å². The van der Waals surface area contributed by atoms with Crippen molar-refractivity contribution < 1.29 is 34.2 Å². The molecule has 0 spiro atoms. The average Bonchev–Trinajstić information content (AvgIpc) is 3.36. The molecule has 3 amide bonds. The number of unbranched alkanes of at least 4 members (excludes halogenated alkanes) is 1. The largest absolute Gasteiger partial charge is 0.481 e. The monoisotopic (exact) mass is 624 g/mol. The summed E-state index contributed by atoms with van der Waals surface area (Å²) in [5, 5.41) is 38.7. The number of aryl methyl sites for hydroxylation is 2. The number of rotatable bonds is 22. The number of aliphatic hydroxyl groups excluding tert-OH is 1. The molecule has 15 heteroatoms. The molecule has 5 atom stereocenters. The highest BCUT2D eigenvalue weighted by Gasteiger charge is 2.29. The van der Waals surface area contributed by atoms with Gasteiger partial charge in [-0.05, 0) is 39.0 Å². The molecule has 0 aliphatic carbocycles. The molecule has 0 aliphatic heterocycles. The second-order valence-electron chi connectivity index (χ2n) is 12.1. The van der Waals surface area contributed by atoms with Gasteiger partial charge in [0.2, 0.25) is 17.7 Å². The zero-order valence-electron chi connectivity index (χ0n) is 27.0. The number of ketones is 1. The van der Waals surface area contributed by atoms with Crippen molar-refractivity contribution in [2.24, 2.45) is 11.7 Å². The van der Waals surface area contributed by atoms with Gasteiger partial charge >= 0.3 is 5.97 Å². The predicted octanol–water partition coefficient (Wildman–Crippen LogP) is -0.350. The predicted molar refractivity (Wildman–Crippen MR) is 163 cm³/mol. The molecular formula is C29H52N8O7. The third-order valence-electron chi connectivity index (χ3n) is 6.80. The Kier molecular flexibility index (Phi) is 16.7. The summed E-state index contributed by atoms with van der Waals surface area (Å²) in [6.07, 6.45) is 2.70. The molecule has 1 heterocycles. The molecule has 0 radical (unpaired) electrons. The molecule has 8 N–H and O–H groups in total. The van der Waals surface area contributed by atoms with Crippen LogP contribution in [0.4, 0.5) is 0 Å².